The first kappa shape index (κ1) is 15.1. The molecular weight excluding hydrogens is 254 g/mol. The number of amides is 2. The highest BCUT2D eigenvalue weighted by Crippen LogP contribution is 2.18. The highest BCUT2D eigenvalue weighted by molar-refractivity contribution is 5.82. The maximum Gasteiger partial charge on any atom is 0.317 e. The Kier molecular flexibility index (Phi) is 5.23. The molecule has 1 unspecified atom stereocenters. The summed E-state index contributed by atoms with van der Waals surface area (Å²) in [5.41, 5.74) is 5.63. The van der Waals surface area contributed by atoms with Crippen molar-refractivity contribution in [1.29, 1.82) is 5.41 Å². The van der Waals surface area contributed by atoms with Gasteiger partial charge in [0.1, 0.15) is 5.84 Å². The van der Waals surface area contributed by atoms with Gasteiger partial charge < -0.3 is 16.0 Å². The fourth-order valence-corrected chi connectivity index (χ4v) is 3.25. The minimum Gasteiger partial charge on any atom is -0.386 e. The number of nitrogens with two attached hydrogens (primary N) is 1. The van der Waals surface area contributed by atoms with Crippen molar-refractivity contribution in [2.75, 3.05) is 26.2 Å². The first-order valence-corrected chi connectivity index (χ1v) is 7.75. The van der Waals surface area contributed by atoms with Gasteiger partial charge in [-0.2, -0.15) is 0 Å². The number of carbonyl (C=O) groups excluding carboxylic acids is 1. The number of hydrogen-bond acceptors (Lipinski definition) is 3. The summed E-state index contributed by atoms with van der Waals surface area (Å²) in [7, 11) is 0. The Labute approximate surface area is 121 Å². The van der Waals surface area contributed by atoms with E-state index in [1.54, 1.807) is 0 Å². The molecule has 0 radical (unpaired) electrons. The van der Waals surface area contributed by atoms with Crippen LogP contribution in [0.1, 0.15) is 39.0 Å². The van der Waals surface area contributed by atoms with Gasteiger partial charge in [-0.25, -0.2) is 4.79 Å². The van der Waals surface area contributed by atoms with E-state index in [-0.39, 0.29) is 17.9 Å². The molecule has 0 bridgehead atoms. The molecule has 0 spiro atoms. The van der Waals surface area contributed by atoms with Crippen molar-refractivity contribution >= 4 is 11.9 Å². The van der Waals surface area contributed by atoms with Crippen LogP contribution in [0.25, 0.3) is 0 Å². The van der Waals surface area contributed by atoms with Gasteiger partial charge in [-0.15, -0.1) is 0 Å². The molecule has 114 valence electrons. The number of amidine groups is 1. The fraction of sp³-hybridized carbons (Fsp3) is 0.857. The summed E-state index contributed by atoms with van der Waals surface area (Å²) in [6, 6.07) is 0.476. The standard InChI is InChI=1S/C14H27N5O/c1-2-12(13(15)16)18-7-9-19(10-8-18)14(20)17-11-5-3-4-6-11/h11-12H,2-10H2,1H3,(H3,15,16)(H,17,20). The maximum absolute atomic E-state index is 12.2. The van der Waals surface area contributed by atoms with Crippen molar-refractivity contribution in [2.24, 2.45) is 5.73 Å². The summed E-state index contributed by atoms with van der Waals surface area (Å²) < 4.78 is 0. The molecule has 2 aliphatic rings. The van der Waals surface area contributed by atoms with Gasteiger partial charge in [0.2, 0.25) is 0 Å². The summed E-state index contributed by atoms with van der Waals surface area (Å²) in [6.45, 7) is 5.10. The van der Waals surface area contributed by atoms with Crippen molar-refractivity contribution in [3.63, 3.8) is 0 Å². The number of nitrogens with zero attached hydrogens (tertiary/aromatic N) is 2. The molecule has 0 aromatic carbocycles. The van der Waals surface area contributed by atoms with Crippen LogP contribution in [-0.4, -0.2) is 59.9 Å². The molecule has 2 rings (SSSR count). The molecule has 1 aliphatic heterocycles. The van der Waals surface area contributed by atoms with E-state index in [4.69, 9.17) is 11.1 Å². The number of carbonyl (C=O) groups is 1. The van der Waals surface area contributed by atoms with Crippen LogP contribution in [0, 0.1) is 5.41 Å². The lowest BCUT2D eigenvalue weighted by Crippen LogP contribution is -2.57. The number of nitrogens with one attached hydrogen (secondary N) is 2. The summed E-state index contributed by atoms with van der Waals surface area (Å²) in [5.74, 6) is 0.233. The summed E-state index contributed by atoms with van der Waals surface area (Å²) in [6.07, 6.45) is 5.55. The van der Waals surface area contributed by atoms with Crippen molar-refractivity contribution in [2.45, 2.75) is 51.1 Å². The fourth-order valence-electron chi connectivity index (χ4n) is 3.25. The maximum atomic E-state index is 12.2. The topological polar surface area (TPSA) is 85.5 Å². The SMILES string of the molecule is CCC(C(=N)N)N1CCN(C(=O)NC2CCCC2)CC1. The van der Waals surface area contributed by atoms with Crippen LogP contribution in [-0.2, 0) is 0 Å². The van der Waals surface area contributed by atoms with Gasteiger partial charge in [0.05, 0.1) is 6.04 Å². The zero-order valence-corrected chi connectivity index (χ0v) is 12.4. The monoisotopic (exact) mass is 281 g/mol. The van der Waals surface area contributed by atoms with E-state index in [1.165, 1.54) is 12.8 Å². The first-order valence-electron chi connectivity index (χ1n) is 7.75. The normalized spacial score (nSPS) is 22.8. The highest BCUT2D eigenvalue weighted by Gasteiger charge is 2.27. The van der Waals surface area contributed by atoms with Crippen LogP contribution in [0.5, 0.6) is 0 Å². The third-order valence-corrected chi connectivity index (χ3v) is 4.47. The van der Waals surface area contributed by atoms with Crippen LogP contribution in [0.15, 0.2) is 0 Å². The van der Waals surface area contributed by atoms with Crippen LogP contribution in [0.3, 0.4) is 0 Å². The van der Waals surface area contributed by atoms with Gasteiger partial charge in [0.25, 0.3) is 0 Å². The van der Waals surface area contributed by atoms with Crippen LogP contribution < -0.4 is 11.1 Å². The molecule has 2 amide bonds. The van der Waals surface area contributed by atoms with E-state index in [0.29, 0.717) is 6.04 Å². The highest BCUT2D eigenvalue weighted by atomic mass is 16.2. The minimum absolute atomic E-state index is 0.0232. The van der Waals surface area contributed by atoms with Crippen molar-refractivity contribution in [1.82, 2.24) is 15.1 Å². The second-order valence-electron chi connectivity index (χ2n) is 5.83. The third kappa shape index (κ3) is 3.62. The molecule has 1 saturated carbocycles. The Morgan fingerprint density at radius 2 is 1.90 bits per heavy atom. The van der Waals surface area contributed by atoms with Crippen molar-refractivity contribution in [3.05, 3.63) is 0 Å². The van der Waals surface area contributed by atoms with E-state index >= 15 is 0 Å². The lowest BCUT2D eigenvalue weighted by atomic mass is 10.1. The molecule has 6 nitrogen and oxygen atoms in total. The molecular formula is C14H27N5O. The van der Waals surface area contributed by atoms with Gasteiger partial charge in [0.15, 0.2) is 0 Å². The Balaban J connectivity index is 1.78. The third-order valence-electron chi connectivity index (χ3n) is 4.47. The minimum atomic E-state index is 0.0232. The molecule has 1 saturated heterocycles. The Morgan fingerprint density at radius 3 is 2.40 bits per heavy atom. The lowest BCUT2D eigenvalue weighted by molar-refractivity contribution is 0.124. The molecule has 2 fully saturated rings. The zero-order chi connectivity index (χ0) is 14.5. The van der Waals surface area contributed by atoms with Crippen molar-refractivity contribution in [3.8, 4) is 0 Å². The van der Waals surface area contributed by atoms with E-state index in [0.717, 1.165) is 45.4 Å². The number of hydrogen-bond donors (Lipinski definition) is 3. The average Bonchev–Trinajstić information content (AvgIpc) is 2.92. The Bertz CT molecular complexity index is 345. The zero-order valence-electron chi connectivity index (χ0n) is 12.4. The predicted molar refractivity (Wildman–Crippen MR) is 79.9 cm³/mol. The van der Waals surface area contributed by atoms with Crippen LogP contribution in [0.2, 0.25) is 0 Å². The quantitative estimate of drug-likeness (QED) is 0.530. The van der Waals surface area contributed by atoms with E-state index in [9.17, 15) is 4.79 Å². The van der Waals surface area contributed by atoms with Crippen LogP contribution in [0.4, 0.5) is 4.79 Å². The molecule has 6 heteroatoms. The van der Waals surface area contributed by atoms with Gasteiger partial charge in [0, 0.05) is 32.2 Å². The molecule has 0 aromatic rings. The molecule has 20 heavy (non-hydrogen) atoms. The Hall–Kier alpha value is -1.30. The largest absolute Gasteiger partial charge is 0.386 e. The van der Waals surface area contributed by atoms with Gasteiger partial charge in [-0.3, -0.25) is 10.3 Å². The van der Waals surface area contributed by atoms with Gasteiger partial charge >= 0.3 is 6.03 Å². The van der Waals surface area contributed by atoms with E-state index in [2.05, 4.69) is 10.2 Å². The molecule has 4 N–H and O–H groups in total. The van der Waals surface area contributed by atoms with Gasteiger partial charge in [-0.05, 0) is 19.3 Å². The van der Waals surface area contributed by atoms with Gasteiger partial charge in [-0.1, -0.05) is 19.8 Å². The van der Waals surface area contributed by atoms with E-state index in [1.807, 2.05) is 11.8 Å². The second-order valence-corrected chi connectivity index (χ2v) is 5.83. The van der Waals surface area contributed by atoms with E-state index < -0.39 is 0 Å². The molecule has 1 atom stereocenters. The number of piperazine rings is 1. The predicted octanol–water partition coefficient (Wildman–Crippen LogP) is 0.971. The average molecular weight is 281 g/mol. The first-order chi connectivity index (χ1) is 9.61. The number of rotatable bonds is 4. The smallest absolute Gasteiger partial charge is 0.317 e. The van der Waals surface area contributed by atoms with Crippen LogP contribution >= 0.6 is 0 Å². The molecule has 1 heterocycles. The second kappa shape index (κ2) is 6.92. The molecule has 1 aliphatic carbocycles. The lowest BCUT2D eigenvalue weighted by Gasteiger charge is -2.38. The van der Waals surface area contributed by atoms with Crippen molar-refractivity contribution < 1.29 is 4.79 Å². The summed E-state index contributed by atoms with van der Waals surface area (Å²) in [5, 5.41) is 10.7. The molecule has 0 aromatic heterocycles. The summed E-state index contributed by atoms with van der Waals surface area (Å²) in [4.78, 5) is 16.3. The Morgan fingerprint density at radius 1 is 1.30 bits per heavy atom. The summed E-state index contributed by atoms with van der Waals surface area (Å²) >= 11 is 0. The number of urea groups is 1.